The van der Waals surface area contributed by atoms with Gasteiger partial charge in [-0.25, -0.2) is 0 Å². The third kappa shape index (κ3) is 3.09. The van der Waals surface area contributed by atoms with Crippen molar-refractivity contribution in [2.75, 3.05) is 6.54 Å². The Balaban J connectivity index is 1.65. The summed E-state index contributed by atoms with van der Waals surface area (Å²) in [4.78, 5) is 15.2. The molecule has 1 aromatic heterocycles. The molecule has 0 saturated heterocycles. The van der Waals surface area contributed by atoms with E-state index in [0.717, 1.165) is 27.9 Å². The van der Waals surface area contributed by atoms with E-state index in [9.17, 15) is 4.79 Å². The molecule has 0 bridgehead atoms. The summed E-state index contributed by atoms with van der Waals surface area (Å²) in [5.41, 5.74) is 2.89. The van der Waals surface area contributed by atoms with E-state index in [4.69, 9.17) is 11.6 Å². The van der Waals surface area contributed by atoms with Crippen LogP contribution in [0.25, 0.3) is 10.9 Å². The summed E-state index contributed by atoms with van der Waals surface area (Å²) in [6.45, 7) is 0.590. The molecular weight excluding hydrogens is 284 g/mol. The quantitative estimate of drug-likeness (QED) is 0.756. The molecule has 1 amide bonds. The Hall–Kier alpha value is -2.26. The molecule has 0 fully saturated rings. The maximum Gasteiger partial charge on any atom is 0.251 e. The third-order valence-corrected chi connectivity index (χ3v) is 3.68. The van der Waals surface area contributed by atoms with Crippen LogP contribution in [-0.2, 0) is 6.42 Å². The van der Waals surface area contributed by atoms with Crippen molar-refractivity contribution in [1.29, 1.82) is 0 Å². The van der Waals surface area contributed by atoms with Crippen LogP contribution in [0.3, 0.4) is 0 Å². The number of amides is 1. The van der Waals surface area contributed by atoms with Crippen molar-refractivity contribution in [2.45, 2.75) is 6.42 Å². The molecule has 21 heavy (non-hydrogen) atoms. The van der Waals surface area contributed by atoms with Gasteiger partial charge in [0.2, 0.25) is 0 Å². The number of rotatable bonds is 4. The fourth-order valence-electron chi connectivity index (χ4n) is 2.36. The Morgan fingerprint density at radius 2 is 1.95 bits per heavy atom. The molecule has 0 unspecified atom stereocenters. The number of H-pyrrole nitrogens is 1. The molecule has 0 radical (unpaired) electrons. The topological polar surface area (TPSA) is 44.9 Å². The average Bonchev–Trinajstić information content (AvgIpc) is 2.90. The van der Waals surface area contributed by atoms with Crippen LogP contribution in [0.1, 0.15) is 15.9 Å². The van der Waals surface area contributed by atoms with Gasteiger partial charge in [0.25, 0.3) is 5.91 Å². The second-order valence-electron chi connectivity index (χ2n) is 4.88. The van der Waals surface area contributed by atoms with Crippen LogP contribution in [0.5, 0.6) is 0 Å². The fraction of sp³-hybridized carbons (Fsp3) is 0.118. The van der Waals surface area contributed by atoms with Crippen molar-refractivity contribution in [3.8, 4) is 0 Å². The molecule has 0 aliphatic rings. The van der Waals surface area contributed by atoms with E-state index in [1.54, 1.807) is 12.1 Å². The van der Waals surface area contributed by atoms with E-state index in [2.05, 4.69) is 10.3 Å². The zero-order chi connectivity index (χ0) is 14.7. The Morgan fingerprint density at radius 3 is 2.76 bits per heavy atom. The summed E-state index contributed by atoms with van der Waals surface area (Å²) in [6.07, 6.45) is 2.73. The minimum atomic E-state index is -0.0477. The van der Waals surface area contributed by atoms with E-state index in [1.807, 2.05) is 42.6 Å². The van der Waals surface area contributed by atoms with Crippen LogP contribution in [0.2, 0.25) is 5.02 Å². The first kappa shape index (κ1) is 13.7. The highest BCUT2D eigenvalue weighted by atomic mass is 35.5. The van der Waals surface area contributed by atoms with Gasteiger partial charge in [0.1, 0.15) is 0 Å². The number of carbonyl (C=O) groups excluding carboxylic acids is 1. The predicted octanol–water partition coefficient (Wildman–Crippen LogP) is 3.79. The van der Waals surface area contributed by atoms with Gasteiger partial charge in [0, 0.05) is 34.2 Å². The first-order valence-electron chi connectivity index (χ1n) is 6.83. The number of benzene rings is 2. The first-order valence-corrected chi connectivity index (χ1v) is 7.20. The number of halogens is 1. The number of hydrogen-bond donors (Lipinski definition) is 2. The minimum Gasteiger partial charge on any atom is -0.361 e. The van der Waals surface area contributed by atoms with Crippen LogP contribution in [0, 0.1) is 0 Å². The normalized spacial score (nSPS) is 10.7. The number of fused-ring (bicyclic) bond motifs is 1. The molecule has 3 rings (SSSR count). The van der Waals surface area contributed by atoms with Gasteiger partial charge in [-0.05, 0) is 42.3 Å². The number of carbonyl (C=O) groups is 1. The largest absolute Gasteiger partial charge is 0.361 e. The van der Waals surface area contributed by atoms with Crippen molar-refractivity contribution in [2.24, 2.45) is 0 Å². The van der Waals surface area contributed by atoms with Gasteiger partial charge in [0.05, 0.1) is 0 Å². The molecule has 0 aliphatic carbocycles. The summed E-state index contributed by atoms with van der Waals surface area (Å²) in [6, 6.07) is 15.0. The highest BCUT2D eigenvalue weighted by Gasteiger charge is 2.06. The number of aromatic nitrogens is 1. The Labute approximate surface area is 127 Å². The molecule has 2 aromatic carbocycles. The maximum atomic E-state index is 12.0. The van der Waals surface area contributed by atoms with E-state index in [1.165, 1.54) is 0 Å². The maximum absolute atomic E-state index is 12.0. The van der Waals surface area contributed by atoms with Gasteiger partial charge in [-0.15, -0.1) is 0 Å². The molecule has 0 spiro atoms. The number of hydrogen-bond acceptors (Lipinski definition) is 1. The summed E-state index contributed by atoms with van der Waals surface area (Å²) in [5.74, 6) is -0.0477. The van der Waals surface area contributed by atoms with Crippen molar-refractivity contribution in [3.63, 3.8) is 0 Å². The first-order chi connectivity index (χ1) is 10.2. The van der Waals surface area contributed by atoms with Gasteiger partial charge >= 0.3 is 0 Å². The summed E-state index contributed by atoms with van der Waals surface area (Å²) in [7, 11) is 0. The van der Waals surface area contributed by atoms with Gasteiger partial charge < -0.3 is 10.3 Å². The number of nitrogens with one attached hydrogen (secondary N) is 2. The molecule has 0 aliphatic heterocycles. The van der Waals surface area contributed by atoms with Crippen molar-refractivity contribution in [1.82, 2.24) is 10.3 Å². The van der Waals surface area contributed by atoms with Crippen molar-refractivity contribution in [3.05, 3.63) is 70.9 Å². The lowest BCUT2D eigenvalue weighted by molar-refractivity contribution is 0.0954. The van der Waals surface area contributed by atoms with E-state index in [-0.39, 0.29) is 5.91 Å². The van der Waals surface area contributed by atoms with Gasteiger partial charge in [-0.2, -0.15) is 0 Å². The standard InChI is InChI=1S/C17H15ClN2O/c18-14-6-7-16-15(10-14)13(11-20-16)8-9-19-17(21)12-4-2-1-3-5-12/h1-7,10-11,20H,8-9H2,(H,19,21). The summed E-state index contributed by atoms with van der Waals surface area (Å²) < 4.78 is 0. The molecule has 3 aromatic rings. The number of aromatic amines is 1. The van der Waals surface area contributed by atoms with E-state index < -0.39 is 0 Å². The third-order valence-electron chi connectivity index (χ3n) is 3.45. The molecule has 106 valence electrons. The van der Waals surface area contributed by atoms with E-state index >= 15 is 0 Å². The molecule has 4 heteroatoms. The SMILES string of the molecule is O=C(NCCc1c[nH]c2ccc(Cl)cc12)c1ccccc1. The monoisotopic (exact) mass is 298 g/mol. The lowest BCUT2D eigenvalue weighted by Gasteiger charge is -2.04. The molecule has 0 atom stereocenters. The summed E-state index contributed by atoms with van der Waals surface area (Å²) >= 11 is 6.03. The second kappa shape index (κ2) is 6.02. The Morgan fingerprint density at radius 1 is 1.14 bits per heavy atom. The predicted molar refractivity (Wildman–Crippen MR) is 85.8 cm³/mol. The van der Waals surface area contributed by atoms with Gasteiger partial charge in [0.15, 0.2) is 0 Å². The lowest BCUT2D eigenvalue weighted by Crippen LogP contribution is -2.25. The van der Waals surface area contributed by atoms with Crippen molar-refractivity contribution < 1.29 is 4.79 Å². The Bertz CT molecular complexity index is 765. The average molecular weight is 299 g/mol. The van der Waals surface area contributed by atoms with Crippen LogP contribution in [0.15, 0.2) is 54.7 Å². The second-order valence-corrected chi connectivity index (χ2v) is 5.31. The van der Waals surface area contributed by atoms with Crippen LogP contribution >= 0.6 is 11.6 Å². The molecule has 1 heterocycles. The Kier molecular flexibility index (Phi) is 3.93. The summed E-state index contributed by atoms with van der Waals surface area (Å²) in [5, 5.41) is 4.76. The van der Waals surface area contributed by atoms with Crippen LogP contribution in [0.4, 0.5) is 0 Å². The molecule has 2 N–H and O–H groups in total. The van der Waals surface area contributed by atoms with Gasteiger partial charge in [-0.3, -0.25) is 4.79 Å². The zero-order valence-corrected chi connectivity index (χ0v) is 12.2. The molecular formula is C17H15ClN2O. The smallest absolute Gasteiger partial charge is 0.251 e. The molecule has 0 saturated carbocycles. The van der Waals surface area contributed by atoms with Crippen LogP contribution < -0.4 is 5.32 Å². The zero-order valence-electron chi connectivity index (χ0n) is 11.4. The highest BCUT2D eigenvalue weighted by molar-refractivity contribution is 6.31. The highest BCUT2D eigenvalue weighted by Crippen LogP contribution is 2.22. The van der Waals surface area contributed by atoms with Gasteiger partial charge in [-0.1, -0.05) is 29.8 Å². The lowest BCUT2D eigenvalue weighted by atomic mass is 10.1. The fourth-order valence-corrected chi connectivity index (χ4v) is 2.53. The van der Waals surface area contributed by atoms with Crippen molar-refractivity contribution >= 4 is 28.4 Å². The van der Waals surface area contributed by atoms with Crippen LogP contribution in [-0.4, -0.2) is 17.4 Å². The van der Waals surface area contributed by atoms with E-state index in [0.29, 0.717) is 12.1 Å². The minimum absolute atomic E-state index is 0.0477. The molecule has 3 nitrogen and oxygen atoms in total.